The van der Waals surface area contributed by atoms with Crippen molar-refractivity contribution in [2.75, 3.05) is 0 Å². The Balaban J connectivity index is 3.37. The van der Waals surface area contributed by atoms with E-state index in [1.165, 1.54) is 6.07 Å². The van der Waals surface area contributed by atoms with Crippen LogP contribution in [0.4, 0.5) is 0 Å². The molecule has 1 rings (SSSR count). The smallest absolute Gasteiger partial charge is 0.225 e. The number of primary sulfonamides is 1. The molecule has 1 atom stereocenters. The van der Waals surface area contributed by atoms with Crippen LogP contribution in [0.2, 0.25) is 0 Å². The summed E-state index contributed by atoms with van der Waals surface area (Å²) in [6.07, 6.45) is 0. The van der Waals surface area contributed by atoms with Gasteiger partial charge in [0.2, 0.25) is 10.0 Å². The molecule has 13 heavy (non-hydrogen) atoms. The molecular weight excluding hydrogens is 254 g/mol. The van der Waals surface area contributed by atoms with Gasteiger partial charge in [0.15, 0.2) is 0 Å². The molecule has 3 nitrogen and oxygen atoms in total. The maximum atomic E-state index is 11.1. The standard InChI is InChI=1S/C8H10BrNO2S/c1-6(9)7-4-2-3-5-8(7)13(10,11)12/h2-6H,1H3,(H2,10,11,12). The Hall–Kier alpha value is -0.390. The third kappa shape index (κ3) is 2.52. The van der Waals surface area contributed by atoms with Gasteiger partial charge >= 0.3 is 0 Å². The average molecular weight is 264 g/mol. The van der Waals surface area contributed by atoms with E-state index in [2.05, 4.69) is 15.9 Å². The van der Waals surface area contributed by atoms with Crippen molar-refractivity contribution in [3.05, 3.63) is 29.8 Å². The first kappa shape index (κ1) is 10.7. The topological polar surface area (TPSA) is 60.2 Å². The van der Waals surface area contributed by atoms with Gasteiger partial charge in [-0.2, -0.15) is 0 Å². The molecule has 1 aromatic rings. The molecule has 0 radical (unpaired) electrons. The van der Waals surface area contributed by atoms with Crippen LogP contribution in [0.3, 0.4) is 0 Å². The molecular formula is C8H10BrNO2S. The van der Waals surface area contributed by atoms with Gasteiger partial charge in [-0.3, -0.25) is 0 Å². The molecule has 5 heteroatoms. The highest BCUT2D eigenvalue weighted by atomic mass is 79.9. The van der Waals surface area contributed by atoms with Gasteiger partial charge in [0.1, 0.15) is 0 Å². The van der Waals surface area contributed by atoms with Crippen LogP contribution in [0, 0.1) is 0 Å². The zero-order chi connectivity index (χ0) is 10.1. The minimum atomic E-state index is -3.61. The fourth-order valence-corrected chi connectivity index (χ4v) is 2.46. The molecule has 0 aliphatic rings. The number of hydrogen-bond donors (Lipinski definition) is 1. The summed E-state index contributed by atoms with van der Waals surface area (Å²) in [6.45, 7) is 1.85. The number of sulfonamides is 1. The van der Waals surface area contributed by atoms with E-state index in [-0.39, 0.29) is 9.72 Å². The molecule has 0 bridgehead atoms. The minimum Gasteiger partial charge on any atom is -0.225 e. The molecule has 0 spiro atoms. The molecule has 0 fully saturated rings. The van der Waals surface area contributed by atoms with Crippen molar-refractivity contribution in [2.45, 2.75) is 16.6 Å². The van der Waals surface area contributed by atoms with Crippen molar-refractivity contribution in [2.24, 2.45) is 5.14 Å². The predicted molar refractivity (Wildman–Crippen MR) is 55.2 cm³/mol. The second-order valence-electron chi connectivity index (χ2n) is 2.70. The van der Waals surface area contributed by atoms with Crippen LogP contribution in [-0.2, 0) is 10.0 Å². The summed E-state index contributed by atoms with van der Waals surface area (Å²) in [5, 5.41) is 5.05. The number of rotatable bonds is 2. The van der Waals surface area contributed by atoms with Crippen LogP contribution in [0.15, 0.2) is 29.2 Å². The molecule has 0 saturated carbocycles. The van der Waals surface area contributed by atoms with Crippen molar-refractivity contribution in [1.82, 2.24) is 0 Å². The number of hydrogen-bond acceptors (Lipinski definition) is 2. The summed E-state index contributed by atoms with van der Waals surface area (Å²) in [5.74, 6) is 0. The van der Waals surface area contributed by atoms with E-state index in [0.29, 0.717) is 5.56 Å². The van der Waals surface area contributed by atoms with Gasteiger partial charge < -0.3 is 0 Å². The Morgan fingerprint density at radius 1 is 1.38 bits per heavy atom. The monoisotopic (exact) mass is 263 g/mol. The van der Waals surface area contributed by atoms with Gasteiger partial charge in [-0.15, -0.1) is 0 Å². The van der Waals surface area contributed by atoms with Crippen molar-refractivity contribution in [3.8, 4) is 0 Å². The molecule has 0 aromatic heterocycles. The lowest BCUT2D eigenvalue weighted by molar-refractivity contribution is 0.596. The van der Waals surface area contributed by atoms with E-state index in [1.807, 2.05) is 6.92 Å². The molecule has 1 unspecified atom stereocenters. The molecule has 2 N–H and O–H groups in total. The zero-order valence-corrected chi connectivity index (χ0v) is 9.47. The molecule has 1 aromatic carbocycles. The number of halogens is 1. The van der Waals surface area contributed by atoms with Crippen LogP contribution in [0.25, 0.3) is 0 Å². The highest BCUT2D eigenvalue weighted by Crippen LogP contribution is 2.27. The minimum absolute atomic E-state index is 0.0259. The lowest BCUT2D eigenvalue weighted by atomic mass is 10.2. The van der Waals surface area contributed by atoms with E-state index in [4.69, 9.17) is 5.14 Å². The summed E-state index contributed by atoms with van der Waals surface area (Å²) in [6, 6.07) is 6.67. The zero-order valence-electron chi connectivity index (χ0n) is 7.07. The van der Waals surface area contributed by atoms with Crippen LogP contribution >= 0.6 is 15.9 Å². The first-order chi connectivity index (χ1) is 5.93. The van der Waals surface area contributed by atoms with Crippen molar-refractivity contribution < 1.29 is 8.42 Å². The third-order valence-corrected chi connectivity index (χ3v) is 3.13. The normalized spacial score (nSPS) is 14.1. The fourth-order valence-electron chi connectivity index (χ4n) is 1.07. The Morgan fingerprint density at radius 3 is 2.31 bits per heavy atom. The number of nitrogens with two attached hydrogens (primary N) is 1. The van der Waals surface area contributed by atoms with Crippen LogP contribution in [0.1, 0.15) is 17.3 Å². The first-order valence-corrected chi connectivity index (χ1v) is 6.15. The molecule has 0 amide bonds. The van der Waals surface area contributed by atoms with E-state index < -0.39 is 10.0 Å². The summed E-state index contributed by atoms with van der Waals surface area (Å²) < 4.78 is 22.2. The second-order valence-corrected chi connectivity index (χ2v) is 5.60. The SMILES string of the molecule is CC(Br)c1ccccc1S(N)(=O)=O. The van der Waals surface area contributed by atoms with Crippen molar-refractivity contribution in [3.63, 3.8) is 0 Å². The van der Waals surface area contributed by atoms with Crippen molar-refractivity contribution >= 4 is 26.0 Å². The van der Waals surface area contributed by atoms with Gasteiger partial charge in [0.05, 0.1) is 4.90 Å². The highest BCUT2D eigenvalue weighted by Gasteiger charge is 2.15. The quantitative estimate of drug-likeness (QED) is 0.828. The van der Waals surface area contributed by atoms with Gasteiger partial charge in [-0.1, -0.05) is 34.1 Å². The van der Waals surface area contributed by atoms with Gasteiger partial charge in [-0.05, 0) is 18.6 Å². The van der Waals surface area contributed by atoms with Crippen molar-refractivity contribution in [1.29, 1.82) is 0 Å². The largest absolute Gasteiger partial charge is 0.238 e. The lowest BCUT2D eigenvalue weighted by Gasteiger charge is -2.08. The molecule has 0 aliphatic heterocycles. The van der Waals surface area contributed by atoms with Gasteiger partial charge in [0.25, 0.3) is 0 Å². The van der Waals surface area contributed by atoms with Crippen LogP contribution in [-0.4, -0.2) is 8.42 Å². The Morgan fingerprint density at radius 2 is 1.92 bits per heavy atom. The maximum absolute atomic E-state index is 11.1. The third-order valence-electron chi connectivity index (χ3n) is 1.65. The summed E-state index contributed by atoms with van der Waals surface area (Å²) in [4.78, 5) is 0.154. The number of alkyl halides is 1. The highest BCUT2D eigenvalue weighted by molar-refractivity contribution is 9.09. The van der Waals surface area contributed by atoms with E-state index in [9.17, 15) is 8.42 Å². The fraction of sp³-hybridized carbons (Fsp3) is 0.250. The summed E-state index contributed by atoms with van der Waals surface area (Å²) in [7, 11) is -3.61. The van der Waals surface area contributed by atoms with Crippen LogP contribution in [0.5, 0.6) is 0 Å². The molecule has 0 aliphatic carbocycles. The Kier molecular flexibility index (Phi) is 3.10. The Labute approximate surface area is 86.1 Å². The van der Waals surface area contributed by atoms with E-state index in [1.54, 1.807) is 18.2 Å². The summed E-state index contributed by atoms with van der Waals surface area (Å²) in [5.41, 5.74) is 0.685. The lowest BCUT2D eigenvalue weighted by Crippen LogP contribution is -2.14. The Bertz CT molecular complexity index is 400. The van der Waals surface area contributed by atoms with Crippen LogP contribution < -0.4 is 5.14 Å². The van der Waals surface area contributed by atoms with E-state index in [0.717, 1.165) is 0 Å². The average Bonchev–Trinajstić information content (AvgIpc) is 2.03. The van der Waals surface area contributed by atoms with Gasteiger partial charge in [-0.25, -0.2) is 13.6 Å². The van der Waals surface area contributed by atoms with E-state index >= 15 is 0 Å². The predicted octanol–water partition coefficient (Wildman–Crippen LogP) is 1.79. The number of benzene rings is 1. The first-order valence-electron chi connectivity index (χ1n) is 3.68. The maximum Gasteiger partial charge on any atom is 0.238 e. The summed E-state index contributed by atoms with van der Waals surface area (Å²) >= 11 is 3.31. The molecule has 72 valence electrons. The van der Waals surface area contributed by atoms with Gasteiger partial charge in [0, 0.05) is 4.83 Å². The molecule has 0 heterocycles. The molecule has 0 saturated heterocycles. The second kappa shape index (κ2) is 3.77.